The number of benzene rings is 1. The summed E-state index contributed by atoms with van der Waals surface area (Å²) in [6.45, 7) is 7.92. The molecule has 4 heteroatoms. The van der Waals surface area contributed by atoms with Crippen LogP contribution in [0.1, 0.15) is 46.1 Å². The van der Waals surface area contributed by atoms with Crippen molar-refractivity contribution < 1.29 is 14.7 Å². The highest BCUT2D eigenvalue weighted by molar-refractivity contribution is 5.84. The molecule has 122 valence electrons. The number of hydrogen-bond acceptors (Lipinski definition) is 2. The van der Waals surface area contributed by atoms with E-state index in [2.05, 4.69) is 5.32 Å². The molecule has 0 aliphatic rings. The molecule has 0 fully saturated rings. The van der Waals surface area contributed by atoms with E-state index in [1.807, 2.05) is 58.0 Å². The standard InChI is InChI=1S/C18H27NO3/c1-5-13(3)14(4)16(20)19-12-18(6-2,17(21)22)15-10-8-7-9-11-15/h7-11,13-14H,5-6,12H2,1-4H3,(H,19,20)(H,21,22). The molecule has 3 atom stereocenters. The fourth-order valence-corrected chi connectivity index (χ4v) is 2.55. The Labute approximate surface area is 132 Å². The summed E-state index contributed by atoms with van der Waals surface area (Å²) in [5.74, 6) is -0.830. The Morgan fingerprint density at radius 2 is 1.77 bits per heavy atom. The highest BCUT2D eigenvalue weighted by Crippen LogP contribution is 2.28. The van der Waals surface area contributed by atoms with Crippen molar-refractivity contribution in [3.05, 3.63) is 35.9 Å². The lowest BCUT2D eigenvalue weighted by Gasteiger charge is -2.30. The maximum absolute atomic E-state index is 12.3. The van der Waals surface area contributed by atoms with Crippen LogP contribution < -0.4 is 5.32 Å². The molecule has 0 spiro atoms. The molecule has 0 aliphatic carbocycles. The van der Waals surface area contributed by atoms with Crippen LogP contribution in [0.4, 0.5) is 0 Å². The zero-order valence-corrected chi connectivity index (χ0v) is 13.9. The summed E-state index contributed by atoms with van der Waals surface area (Å²) in [4.78, 5) is 24.1. The highest BCUT2D eigenvalue weighted by atomic mass is 16.4. The number of carbonyl (C=O) groups is 2. The maximum Gasteiger partial charge on any atom is 0.315 e. The summed E-state index contributed by atoms with van der Waals surface area (Å²) in [5.41, 5.74) is -0.354. The maximum atomic E-state index is 12.3. The number of amides is 1. The van der Waals surface area contributed by atoms with Gasteiger partial charge < -0.3 is 10.4 Å². The Hall–Kier alpha value is -1.84. The van der Waals surface area contributed by atoms with E-state index < -0.39 is 11.4 Å². The molecule has 22 heavy (non-hydrogen) atoms. The van der Waals surface area contributed by atoms with Crippen LogP contribution in [0.3, 0.4) is 0 Å². The molecule has 1 aromatic rings. The predicted octanol–water partition coefficient (Wildman–Crippen LogP) is 3.22. The van der Waals surface area contributed by atoms with Gasteiger partial charge in [0.2, 0.25) is 5.91 Å². The van der Waals surface area contributed by atoms with Crippen molar-refractivity contribution in [1.29, 1.82) is 0 Å². The Balaban J connectivity index is 2.93. The summed E-state index contributed by atoms with van der Waals surface area (Å²) >= 11 is 0. The van der Waals surface area contributed by atoms with E-state index in [-0.39, 0.29) is 24.3 Å². The fraction of sp³-hybridized carbons (Fsp3) is 0.556. The van der Waals surface area contributed by atoms with Crippen LogP contribution in [0.2, 0.25) is 0 Å². The average Bonchev–Trinajstić information content (AvgIpc) is 2.54. The third-order valence-corrected chi connectivity index (χ3v) is 4.81. The Morgan fingerprint density at radius 3 is 2.23 bits per heavy atom. The van der Waals surface area contributed by atoms with Gasteiger partial charge in [-0.05, 0) is 17.9 Å². The van der Waals surface area contributed by atoms with E-state index in [0.29, 0.717) is 6.42 Å². The van der Waals surface area contributed by atoms with Gasteiger partial charge in [-0.3, -0.25) is 9.59 Å². The number of carbonyl (C=O) groups excluding carboxylic acids is 1. The Morgan fingerprint density at radius 1 is 1.18 bits per heavy atom. The van der Waals surface area contributed by atoms with E-state index in [4.69, 9.17) is 0 Å². The van der Waals surface area contributed by atoms with Crippen molar-refractivity contribution in [1.82, 2.24) is 5.32 Å². The third-order valence-electron chi connectivity index (χ3n) is 4.81. The van der Waals surface area contributed by atoms with Crippen molar-refractivity contribution in [2.45, 2.75) is 46.0 Å². The second kappa shape index (κ2) is 7.97. The number of carboxylic acid groups (broad SMARTS) is 1. The third kappa shape index (κ3) is 3.87. The Kier molecular flexibility index (Phi) is 6.60. The van der Waals surface area contributed by atoms with Crippen LogP contribution in [-0.2, 0) is 15.0 Å². The molecule has 2 N–H and O–H groups in total. The SMILES string of the molecule is CCC(C)C(C)C(=O)NCC(CC)(C(=O)O)c1ccccc1. The molecule has 1 rings (SSSR count). The number of carboxylic acids is 1. The van der Waals surface area contributed by atoms with Gasteiger partial charge in [0, 0.05) is 12.5 Å². The molecule has 0 radical (unpaired) electrons. The summed E-state index contributed by atoms with van der Waals surface area (Å²) < 4.78 is 0. The summed E-state index contributed by atoms with van der Waals surface area (Å²) in [5, 5.41) is 12.6. The van der Waals surface area contributed by atoms with E-state index in [9.17, 15) is 14.7 Å². The molecule has 4 nitrogen and oxygen atoms in total. The molecule has 0 heterocycles. The van der Waals surface area contributed by atoms with Crippen LogP contribution in [0.25, 0.3) is 0 Å². The van der Waals surface area contributed by atoms with Gasteiger partial charge in [0.15, 0.2) is 0 Å². The first-order valence-electron chi connectivity index (χ1n) is 7.95. The van der Waals surface area contributed by atoms with Gasteiger partial charge in [0.1, 0.15) is 5.41 Å². The lowest BCUT2D eigenvalue weighted by molar-refractivity contribution is -0.144. The minimum Gasteiger partial charge on any atom is -0.481 e. The first kappa shape index (κ1) is 18.2. The van der Waals surface area contributed by atoms with Gasteiger partial charge in [-0.2, -0.15) is 0 Å². The summed E-state index contributed by atoms with van der Waals surface area (Å²) in [7, 11) is 0. The van der Waals surface area contributed by atoms with Gasteiger partial charge in [-0.25, -0.2) is 0 Å². The molecule has 1 aromatic carbocycles. The monoisotopic (exact) mass is 305 g/mol. The normalized spacial score (nSPS) is 16.4. The van der Waals surface area contributed by atoms with Crippen molar-refractivity contribution in [3.8, 4) is 0 Å². The van der Waals surface area contributed by atoms with Crippen molar-refractivity contribution >= 4 is 11.9 Å². The minimum atomic E-state index is -1.08. The molecule has 0 saturated heterocycles. The molecule has 0 aliphatic heterocycles. The summed E-state index contributed by atoms with van der Waals surface area (Å²) in [6.07, 6.45) is 1.34. The molecule has 1 amide bonds. The first-order chi connectivity index (χ1) is 10.4. The van der Waals surface area contributed by atoms with Crippen molar-refractivity contribution in [2.24, 2.45) is 11.8 Å². The van der Waals surface area contributed by atoms with Crippen molar-refractivity contribution in [3.63, 3.8) is 0 Å². The summed E-state index contributed by atoms with van der Waals surface area (Å²) in [6, 6.07) is 9.12. The van der Waals surface area contributed by atoms with Gasteiger partial charge in [0.05, 0.1) is 0 Å². The van der Waals surface area contributed by atoms with Crippen LogP contribution in [0, 0.1) is 11.8 Å². The lowest BCUT2D eigenvalue weighted by atomic mass is 9.77. The highest BCUT2D eigenvalue weighted by Gasteiger charge is 2.39. The number of nitrogens with one attached hydrogen (secondary N) is 1. The zero-order valence-electron chi connectivity index (χ0n) is 13.9. The predicted molar refractivity (Wildman–Crippen MR) is 87.7 cm³/mol. The molecule has 0 saturated carbocycles. The largest absolute Gasteiger partial charge is 0.481 e. The number of aliphatic carboxylic acids is 1. The van der Waals surface area contributed by atoms with Gasteiger partial charge >= 0.3 is 5.97 Å². The topological polar surface area (TPSA) is 66.4 Å². The molecule has 0 bridgehead atoms. The van der Waals surface area contributed by atoms with E-state index >= 15 is 0 Å². The van der Waals surface area contributed by atoms with E-state index in [0.717, 1.165) is 12.0 Å². The van der Waals surface area contributed by atoms with E-state index in [1.54, 1.807) is 0 Å². The molecular formula is C18H27NO3. The van der Waals surface area contributed by atoms with Crippen molar-refractivity contribution in [2.75, 3.05) is 6.54 Å². The van der Waals surface area contributed by atoms with E-state index in [1.165, 1.54) is 0 Å². The van der Waals surface area contributed by atoms with Crippen LogP contribution in [0.15, 0.2) is 30.3 Å². The Bertz CT molecular complexity index is 500. The van der Waals surface area contributed by atoms with Crippen LogP contribution in [0.5, 0.6) is 0 Å². The fourth-order valence-electron chi connectivity index (χ4n) is 2.55. The minimum absolute atomic E-state index is 0.0793. The van der Waals surface area contributed by atoms with Gasteiger partial charge in [0.25, 0.3) is 0 Å². The second-order valence-corrected chi connectivity index (χ2v) is 6.00. The molecule has 3 unspecified atom stereocenters. The smallest absolute Gasteiger partial charge is 0.315 e. The average molecular weight is 305 g/mol. The van der Waals surface area contributed by atoms with Gasteiger partial charge in [-0.1, -0.05) is 64.4 Å². The number of hydrogen-bond donors (Lipinski definition) is 2. The van der Waals surface area contributed by atoms with Crippen LogP contribution in [-0.4, -0.2) is 23.5 Å². The van der Waals surface area contributed by atoms with Crippen LogP contribution >= 0.6 is 0 Å². The second-order valence-electron chi connectivity index (χ2n) is 6.00. The molecule has 0 aromatic heterocycles. The quantitative estimate of drug-likeness (QED) is 0.775. The van der Waals surface area contributed by atoms with Gasteiger partial charge in [-0.15, -0.1) is 0 Å². The number of rotatable bonds is 8. The lowest BCUT2D eigenvalue weighted by Crippen LogP contribution is -2.47. The zero-order chi connectivity index (χ0) is 16.8. The molecular weight excluding hydrogens is 278 g/mol. The first-order valence-corrected chi connectivity index (χ1v) is 7.95.